The number of halogens is 1. The number of nitrogens with zero attached hydrogens (tertiary/aromatic N) is 1. The van der Waals surface area contributed by atoms with Crippen LogP contribution in [-0.2, 0) is 6.42 Å². The smallest absolute Gasteiger partial charge is 0.119 e. The van der Waals surface area contributed by atoms with Gasteiger partial charge in [-0.05, 0) is 55.3 Å². The van der Waals surface area contributed by atoms with Crippen molar-refractivity contribution < 1.29 is 20.1 Å². The summed E-state index contributed by atoms with van der Waals surface area (Å²) in [6.07, 6.45) is -2.55. The van der Waals surface area contributed by atoms with Gasteiger partial charge in [-0.1, -0.05) is 35.9 Å². The predicted octanol–water partition coefficient (Wildman–Crippen LogP) is 2.40. The van der Waals surface area contributed by atoms with Crippen LogP contribution in [0.25, 0.3) is 0 Å². The molecule has 3 rings (SSSR count). The molecular formula is C21H26ClNO4. The zero-order valence-corrected chi connectivity index (χ0v) is 16.3. The van der Waals surface area contributed by atoms with Crippen LogP contribution in [0.5, 0.6) is 5.75 Å². The van der Waals surface area contributed by atoms with E-state index in [0.717, 1.165) is 22.4 Å². The molecule has 0 bridgehead atoms. The number of hydrogen-bond donors (Lipinski definition) is 3. The molecule has 1 heterocycles. The molecule has 5 nitrogen and oxygen atoms in total. The largest absolute Gasteiger partial charge is 0.494 e. The molecule has 2 aromatic rings. The Morgan fingerprint density at radius 2 is 1.78 bits per heavy atom. The highest BCUT2D eigenvalue weighted by Crippen LogP contribution is 2.33. The van der Waals surface area contributed by atoms with Gasteiger partial charge in [0, 0.05) is 11.6 Å². The first-order valence-corrected chi connectivity index (χ1v) is 9.53. The van der Waals surface area contributed by atoms with E-state index in [1.807, 2.05) is 61.3 Å². The van der Waals surface area contributed by atoms with Crippen LogP contribution in [0, 0.1) is 0 Å². The number of aliphatic hydroxyl groups is 3. The van der Waals surface area contributed by atoms with Gasteiger partial charge in [0.05, 0.1) is 18.8 Å². The Hall–Kier alpha value is -1.63. The fourth-order valence-electron chi connectivity index (χ4n) is 3.65. The molecule has 146 valence electrons. The fourth-order valence-corrected chi connectivity index (χ4v) is 3.83. The topological polar surface area (TPSA) is 73.2 Å². The molecule has 0 aliphatic carbocycles. The van der Waals surface area contributed by atoms with E-state index in [1.165, 1.54) is 0 Å². The lowest BCUT2D eigenvalue weighted by Gasteiger charge is -2.42. The molecule has 4 atom stereocenters. The molecule has 1 aliphatic heterocycles. The van der Waals surface area contributed by atoms with Crippen molar-refractivity contribution in [2.45, 2.75) is 37.7 Å². The minimum atomic E-state index is -1.17. The van der Waals surface area contributed by atoms with Crippen molar-refractivity contribution >= 4 is 11.6 Å². The number of likely N-dealkylation sites (tertiary alicyclic amines) is 1. The SMILES string of the molecule is CCOc1ccc(Cc2cc([C@H]3[C@H](O)[C@@H](O)[C@H](O)CN3C)ccc2Cl)cc1. The van der Waals surface area contributed by atoms with Crippen LogP contribution in [0.1, 0.15) is 29.7 Å². The Kier molecular flexibility index (Phi) is 6.40. The zero-order chi connectivity index (χ0) is 19.6. The van der Waals surface area contributed by atoms with Crippen molar-refractivity contribution in [3.63, 3.8) is 0 Å². The van der Waals surface area contributed by atoms with E-state index in [4.69, 9.17) is 16.3 Å². The maximum Gasteiger partial charge on any atom is 0.119 e. The van der Waals surface area contributed by atoms with Crippen molar-refractivity contribution in [2.24, 2.45) is 0 Å². The standard InChI is InChI=1S/C21H26ClNO4/c1-3-27-16-7-4-13(5-8-16)10-15-11-14(6-9-17(15)22)19-21(26)20(25)18(24)12-23(19)2/h4-9,11,18-21,24-26H,3,10,12H2,1-2H3/t18-,19+,20+,21+/m1/s1. The van der Waals surface area contributed by atoms with Crippen molar-refractivity contribution in [1.29, 1.82) is 0 Å². The molecule has 2 aromatic carbocycles. The number of likely N-dealkylation sites (N-methyl/N-ethyl adjacent to an activating group) is 1. The summed E-state index contributed by atoms with van der Waals surface area (Å²) in [7, 11) is 1.82. The summed E-state index contributed by atoms with van der Waals surface area (Å²) in [5.74, 6) is 0.834. The minimum absolute atomic E-state index is 0.291. The third-order valence-corrected chi connectivity index (χ3v) is 5.43. The van der Waals surface area contributed by atoms with Gasteiger partial charge in [0.25, 0.3) is 0 Å². The number of hydrogen-bond acceptors (Lipinski definition) is 5. The van der Waals surface area contributed by atoms with Crippen molar-refractivity contribution in [3.05, 3.63) is 64.2 Å². The van der Waals surface area contributed by atoms with Crippen molar-refractivity contribution in [2.75, 3.05) is 20.2 Å². The van der Waals surface area contributed by atoms with Gasteiger partial charge in [-0.25, -0.2) is 0 Å². The molecule has 0 unspecified atom stereocenters. The summed E-state index contributed by atoms with van der Waals surface area (Å²) < 4.78 is 5.47. The summed E-state index contributed by atoms with van der Waals surface area (Å²) in [6.45, 7) is 2.87. The highest BCUT2D eigenvalue weighted by molar-refractivity contribution is 6.31. The first-order valence-electron chi connectivity index (χ1n) is 9.15. The summed E-state index contributed by atoms with van der Waals surface area (Å²) in [5.41, 5.74) is 2.91. The number of β-amino-alcohol motifs (C(OH)–C–C–N with tert-alkyl or cyclic N) is 1. The highest BCUT2D eigenvalue weighted by Gasteiger charge is 2.40. The minimum Gasteiger partial charge on any atom is -0.494 e. The predicted molar refractivity (Wildman–Crippen MR) is 105 cm³/mol. The Balaban J connectivity index is 1.83. The molecule has 3 N–H and O–H groups in total. The van der Waals surface area contributed by atoms with Gasteiger partial charge in [-0.2, -0.15) is 0 Å². The molecular weight excluding hydrogens is 366 g/mol. The lowest BCUT2D eigenvalue weighted by atomic mass is 9.88. The van der Waals surface area contributed by atoms with Gasteiger partial charge in [-0.15, -0.1) is 0 Å². The van der Waals surface area contributed by atoms with E-state index < -0.39 is 24.4 Å². The first kappa shape index (κ1) is 20.1. The second-order valence-electron chi connectivity index (χ2n) is 7.04. The third kappa shape index (κ3) is 4.45. The second-order valence-corrected chi connectivity index (χ2v) is 7.44. The van der Waals surface area contributed by atoms with E-state index in [0.29, 0.717) is 24.6 Å². The van der Waals surface area contributed by atoms with E-state index in [9.17, 15) is 15.3 Å². The lowest BCUT2D eigenvalue weighted by molar-refractivity contribution is -0.132. The number of piperidine rings is 1. The Bertz CT molecular complexity index is 767. The maximum absolute atomic E-state index is 10.5. The summed E-state index contributed by atoms with van der Waals surface area (Å²) >= 11 is 6.40. The van der Waals surface area contributed by atoms with Crippen LogP contribution in [0.15, 0.2) is 42.5 Å². The summed E-state index contributed by atoms with van der Waals surface area (Å²) in [4.78, 5) is 1.85. The van der Waals surface area contributed by atoms with Gasteiger partial charge < -0.3 is 20.1 Å². The van der Waals surface area contributed by atoms with Gasteiger partial charge in [0.1, 0.15) is 18.0 Å². The fraction of sp³-hybridized carbons (Fsp3) is 0.429. The van der Waals surface area contributed by atoms with Crippen molar-refractivity contribution in [1.82, 2.24) is 4.90 Å². The first-order chi connectivity index (χ1) is 12.9. The van der Waals surface area contributed by atoms with Crippen LogP contribution in [-0.4, -0.2) is 58.7 Å². The number of ether oxygens (including phenoxy) is 1. The van der Waals surface area contributed by atoms with Crippen LogP contribution in [0.4, 0.5) is 0 Å². The van der Waals surface area contributed by atoms with E-state index in [-0.39, 0.29) is 0 Å². The summed E-state index contributed by atoms with van der Waals surface area (Å²) in [6, 6.07) is 13.1. The average Bonchev–Trinajstić information content (AvgIpc) is 2.64. The monoisotopic (exact) mass is 391 g/mol. The van der Waals surface area contributed by atoms with E-state index in [1.54, 1.807) is 0 Å². The van der Waals surface area contributed by atoms with E-state index in [2.05, 4.69) is 0 Å². The Morgan fingerprint density at radius 1 is 1.07 bits per heavy atom. The normalized spacial score (nSPS) is 26.1. The second kappa shape index (κ2) is 8.59. The van der Waals surface area contributed by atoms with Gasteiger partial charge in [0.15, 0.2) is 0 Å². The van der Waals surface area contributed by atoms with Gasteiger partial charge in [-0.3, -0.25) is 4.90 Å². The molecule has 1 saturated heterocycles. The van der Waals surface area contributed by atoms with Crippen LogP contribution in [0.3, 0.4) is 0 Å². The molecule has 1 fully saturated rings. The third-order valence-electron chi connectivity index (χ3n) is 5.06. The molecule has 0 radical (unpaired) electrons. The van der Waals surface area contributed by atoms with Crippen LogP contribution in [0.2, 0.25) is 5.02 Å². The number of aliphatic hydroxyl groups excluding tert-OH is 3. The maximum atomic E-state index is 10.5. The van der Waals surface area contributed by atoms with E-state index >= 15 is 0 Å². The Labute approximate surface area is 164 Å². The Morgan fingerprint density at radius 3 is 2.44 bits per heavy atom. The molecule has 6 heteroatoms. The average molecular weight is 392 g/mol. The zero-order valence-electron chi connectivity index (χ0n) is 15.5. The van der Waals surface area contributed by atoms with Gasteiger partial charge >= 0.3 is 0 Å². The number of rotatable bonds is 5. The highest BCUT2D eigenvalue weighted by atomic mass is 35.5. The molecule has 27 heavy (non-hydrogen) atoms. The van der Waals surface area contributed by atoms with Crippen LogP contribution >= 0.6 is 11.6 Å². The molecule has 0 aromatic heterocycles. The molecule has 1 aliphatic rings. The van der Waals surface area contributed by atoms with Crippen LogP contribution < -0.4 is 4.74 Å². The van der Waals surface area contributed by atoms with Gasteiger partial charge in [0.2, 0.25) is 0 Å². The quantitative estimate of drug-likeness (QED) is 0.730. The molecule has 0 spiro atoms. The summed E-state index contributed by atoms with van der Waals surface area (Å²) in [5, 5.41) is 31.0. The molecule has 0 amide bonds. The van der Waals surface area contributed by atoms with Crippen molar-refractivity contribution in [3.8, 4) is 5.75 Å². The number of benzene rings is 2. The molecule has 0 saturated carbocycles. The lowest BCUT2D eigenvalue weighted by Crippen LogP contribution is -2.55.